The molecule has 3 aromatic carbocycles. The third-order valence-electron chi connectivity index (χ3n) is 6.53. The molecule has 0 aliphatic carbocycles. The van der Waals surface area contributed by atoms with Gasteiger partial charge in [-0.25, -0.2) is 4.98 Å². The van der Waals surface area contributed by atoms with Crippen LogP contribution in [0.3, 0.4) is 0 Å². The van der Waals surface area contributed by atoms with Crippen molar-refractivity contribution in [2.45, 2.75) is 13.1 Å². The number of nitrogens with one attached hydrogen (secondary N) is 3. The van der Waals surface area contributed by atoms with Gasteiger partial charge in [-0.1, -0.05) is 36.4 Å². The molecule has 33 heavy (non-hydrogen) atoms. The Hall–Kier alpha value is -4.23. The third-order valence-corrected chi connectivity index (χ3v) is 6.53. The third kappa shape index (κ3) is 2.83. The molecule has 6 bridgehead atoms. The van der Waals surface area contributed by atoms with E-state index in [-0.39, 0.29) is 0 Å². The van der Waals surface area contributed by atoms with Crippen LogP contribution in [0.25, 0.3) is 55.7 Å². The fourth-order valence-corrected chi connectivity index (χ4v) is 4.83. The minimum absolute atomic E-state index is 0.724. The van der Waals surface area contributed by atoms with Crippen LogP contribution in [0.5, 0.6) is 0 Å². The van der Waals surface area contributed by atoms with Crippen molar-refractivity contribution in [3.05, 3.63) is 78.1 Å². The molecule has 0 unspecified atom stereocenters. The van der Waals surface area contributed by atoms with Crippen molar-refractivity contribution in [3.8, 4) is 33.8 Å². The van der Waals surface area contributed by atoms with Crippen molar-refractivity contribution in [2.24, 2.45) is 7.05 Å². The highest BCUT2D eigenvalue weighted by molar-refractivity contribution is 5.98. The van der Waals surface area contributed by atoms with Gasteiger partial charge in [0.05, 0.1) is 28.4 Å². The molecule has 0 atom stereocenters. The summed E-state index contributed by atoms with van der Waals surface area (Å²) in [4.78, 5) is 8.50. The Labute approximate surface area is 189 Å². The quantitative estimate of drug-likeness (QED) is 0.323. The molecule has 0 saturated carbocycles. The number of aryl methyl sites for hydroxylation is 1. The second kappa shape index (κ2) is 6.88. The van der Waals surface area contributed by atoms with Crippen LogP contribution in [-0.2, 0) is 20.1 Å². The summed E-state index contributed by atoms with van der Waals surface area (Å²) < 4.78 is 1.95. The zero-order valence-corrected chi connectivity index (χ0v) is 18.1. The van der Waals surface area contributed by atoms with Gasteiger partial charge in [0.1, 0.15) is 5.69 Å². The van der Waals surface area contributed by atoms with Gasteiger partial charge in [0, 0.05) is 36.7 Å². The number of hydrogen-bond donors (Lipinski definition) is 3. The molecule has 0 saturated heterocycles. The van der Waals surface area contributed by atoms with Crippen LogP contribution in [-0.4, -0.2) is 29.9 Å². The van der Waals surface area contributed by atoms with Crippen LogP contribution >= 0.6 is 0 Å². The largest absolute Gasteiger partial charge is 0.337 e. The van der Waals surface area contributed by atoms with Crippen LogP contribution in [0.2, 0.25) is 0 Å². The number of benzene rings is 3. The van der Waals surface area contributed by atoms with Crippen molar-refractivity contribution in [3.63, 3.8) is 0 Å². The summed E-state index contributed by atoms with van der Waals surface area (Å²) in [6, 6.07) is 21.3. The number of H-pyrrole nitrogens is 2. The Morgan fingerprint density at radius 3 is 2.76 bits per heavy atom. The van der Waals surface area contributed by atoms with Crippen molar-refractivity contribution < 1.29 is 0 Å². The second-order valence-electron chi connectivity index (χ2n) is 8.55. The number of aromatic amines is 2. The van der Waals surface area contributed by atoms with Gasteiger partial charge in [-0.15, -0.1) is 0 Å². The van der Waals surface area contributed by atoms with Crippen LogP contribution in [0.4, 0.5) is 0 Å². The molecule has 160 valence electrons. The Morgan fingerprint density at radius 1 is 0.879 bits per heavy atom. The summed E-state index contributed by atoms with van der Waals surface area (Å²) in [5.74, 6) is 0.761. The van der Waals surface area contributed by atoms with E-state index in [2.05, 4.69) is 86.3 Å². The molecule has 6 aromatic rings. The molecule has 7 nitrogen and oxygen atoms in total. The van der Waals surface area contributed by atoms with Gasteiger partial charge in [0.15, 0.2) is 5.82 Å². The predicted octanol–water partition coefficient (Wildman–Crippen LogP) is 4.78. The summed E-state index contributed by atoms with van der Waals surface area (Å²) in [5.41, 5.74) is 10.6. The lowest BCUT2D eigenvalue weighted by molar-refractivity contribution is 0.627. The number of hydrogen-bond acceptors (Lipinski definition) is 4. The zero-order chi connectivity index (χ0) is 21.9. The van der Waals surface area contributed by atoms with E-state index in [9.17, 15) is 0 Å². The summed E-state index contributed by atoms with van der Waals surface area (Å²) in [5, 5.41) is 17.0. The molecule has 0 radical (unpaired) electrons. The average molecular weight is 432 g/mol. The number of aromatic nitrogens is 6. The van der Waals surface area contributed by atoms with E-state index in [1.165, 1.54) is 5.56 Å². The Bertz CT molecular complexity index is 1670. The number of nitrogens with zero attached hydrogens (tertiary/aromatic N) is 4. The first-order valence-corrected chi connectivity index (χ1v) is 11.0. The number of imidazole rings is 1. The Morgan fingerprint density at radius 2 is 1.79 bits per heavy atom. The first kappa shape index (κ1) is 18.4. The first-order valence-electron chi connectivity index (χ1n) is 11.0. The summed E-state index contributed by atoms with van der Waals surface area (Å²) in [6.07, 6.45) is 1.94. The highest BCUT2D eigenvalue weighted by Gasteiger charge is 2.18. The van der Waals surface area contributed by atoms with Crippen molar-refractivity contribution in [1.82, 2.24) is 35.3 Å². The SMILES string of the molecule is Cn1ncc2c1CNCc1cccc(c1)-c1cccc3[nH]c(nc13)-c1n[nH]c3ccc-2cc13. The van der Waals surface area contributed by atoms with Gasteiger partial charge in [0.2, 0.25) is 0 Å². The maximum Gasteiger partial charge on any atom is 0.159 e. The lowest BCUT2D eigenvalue weighted by Gasteiger charge is -2.10. The van der Waals surface area contributed by atoms with Crippen LogP contribution in [0.15, 0.2) is 66.9 Å². The average Bonchev–Trinajstić information content (AvgIpc) is 3.54. The van der Waals surface area contributed by atoms with Gasteiger partial charge in [-0.3, -0.25) is 9.78 Å². The van der Waals surface area contributed by atoms with Gasteiger partial charge in [-0.05, 0) is 41.0 Å². The number of para-hydroxylation sites is 1. The van der Waals surface area contributed by atoms with E-state index in [4.69, 9.17) is 4.98 Å². The molecule has 0 fully saturated rings. The highest BCUT2D eigenvalue weighted by Crippen LogP contribution is 2.34. The van der Waals surface area contributed by atoms with Crippen molar-refractivity contribution >= 4 is 21.9 Å². The lowest BCUT2D eigenvalue weighted by atomic mass is 10.0. The standard InChI is InChI=1S/C26H21N7/c1-33-23-14-27-12-15-4-2-5-16(10-15)18-6-3-7-22-24(18)30-26(29-22)25-19-11-17(20(23)13-28-33)8-9-21(19)31-32-25/h2-11,13,27H,12,14H2,1H3,(H,29,30)(H,31,32). The maximum absolute atomic E-state index is 5.01. The van der Waals surface area contributed by atoms with Crippen LogP contribution in [0.1, 0.15) is 11.3 Å². The Kier molecular flexibility index (Phi) is 3.83. The van der Waals surface area contributed by atoms with Gasteiger partial charge in [-0.2, -0.15) is 10.2 Å². The minimum Gasteiger partial charge on any atom is -0.337 e. The molecule has 3 N–H and O–H groups in total. The van der Waals surface area contributed by atoms with E-state index in [0.717, 1.165) is 74.5 Å². The molecule has 4 heterocycles. The van der Waals surface area contributed by atoms with E-state index in [1.807, 2.05) is 17.9 Å². The van der Waals surface area contributed by atoms with Gasteiger partial charge in [0.25, 0.3) is 0 Å². The molecule has 0 spiro atoms. The highest BCUT2D eigenvalue weighted by atomic mass is 15.3. The number of rotatable bonds is 0. The molecule has 1 aliphatic rings. The molecular weight excluding hydrogens is 410 g/mol. The van der Waals surface area contributed by atoms with Crippen LogP contribution in [0, 0.1) is 0 Å². The smallest absolute Gasteiger partial charge is 0.159 e. The fraction of sp³-hybridized carbons (Fsp3) is 0.115. The summed E-state index contributed by atoms with van der Waals surface area (Å²) in [6.45, 7) is 1.49. The molecule has 7 heteroatoms. The lowest BCUT2D eigenvalue weighted by Crippen LogP contribution is -2.16. The van der Waals surface area contributed by atoms with Gasteiger partial charge < -0.3 is 10.3 Å². The normalized spacial score (nSPS) is 13.2. The number of fused-ring (bicyclic) bond motifs is 8. The van der Waals surface area contributed by atoms with E-state index in [0.29, 0.717) is 0 Å². The predicted molar refractivity (Wildman–Crippen MR) is 129 cm³/mol. The van der Waals surface area contributed by atoms with E-state index >= 15 is 0 Å². The molecule has 3 aromatic heterocycles. The summed E-state index contributed by atoms with van der Waals surface area (Å²) in [7, 11) is 1.99. The van der Waals surface area contributed by atoms with Gasteiger partial charge >= 0.3 is 0 Å². The van der Waals surface area contributed by atoms with E-state index in [1.54, 1.807) is 0 Å². The van der Waals surface area contributed by atoms with Crippen LogP contribution < -0.4 is 5.32 Å². The fourth-order valence-electron chi connectivity index (χ4n) is 4.83. The first-order chi connectivity index (χ1) is 16.2. The molecule has 0 amide bonds. The summed E-state index contributed by atoms with van der Waals surface area (Å²) >= 11 is 0. The Balaban J connectivity index is 1.53. The van der Waals surface area contributed by atoms with Crippen molar-refractivity contribution in [1.29, 1.82) is 0 Å². The molecular formula is C26H21N7. The molecule has 7 rings (SSSR count). The minimum atomic E-state index is 0.724. The second-order valence-corrected chi connectivity index (χ2v) is 8.55. The maximum atomic E-state index is 5.01. The molecule has 1 aliphatic heterocycles. The zero-order valence-electron chi connectivity index (χ0n) is 18.1. The van der Waals surface area contributed by atoms with Crippen molar-refractivity contribution in [2.75, 3.05) is 0 Å². The monoisotopic (exact) mass is 431 g/mol. The topological polar surface area (TPSA) is 87.2 Å². The van der Waals surface area contributed by atoms with E-state index < -0.39 is 0 Å².